The summed E-state index contributed by atoms with van der Waals surface area (Å²) in [5, 5.41) is 10.1. The monoisotopic (exact) mass is 192 g/mol. The highest BCUT2D eigenvalue weighted by Gasteiger charge is 2.08. The van der Waals surface area contributed by atoms with E-state index in [2.05, 4.69) is 4.98 Å². The standard InChI is InChI=1S/C9H8N2OS/c10-9-8(11-5-13-9)6-3-1-2-4-7(6)12/h1-5,12H,10H2. The number of anilines is 1. The van der Waals surface area contributed by atoms with Gasteiger partial charge in [-0.3, -0.25) is 0 Å². The van der Waals surface area contributed by atoms with E-state index in [0.29, 0.717) is 16.3 Å². The molecule has 0 saturated heterocycles. The predicted octanol–water partition coefficient (Wildman–Crippen LogP) is 2.10. The number of rotatable bonds is 1. The van der Waals surface area contributed by atoms with Crippen LogP contribution in [0.1, 0.15) is 0 Å². The number of hydrogen-bond donors (Lipinski definition) is 2. The molecule has 0 radical (unpaired) electrons. The van der Waals surface area contributed by atoms with Crippen LogP contribution in [0.25, 0.3) is 11.3 Å². The summed E-state index contributed by atoms with van der Waals surface area (Å²) in [5.74, 6) is 0.208. The van der Waals surface area contributed by atoms with Crippen molar-refractivity contribution in [3.8, 4) is 17.0 Å². The number of phenolic OH excluding ortho intramolecular Hbond substituents is 1. The molecule has 3 N–H and O–H groups in total. The van der Waals surface area contributed by atoms with Crippen LogP contribution < -0.4 is 5.73 Å². The molecular formula is C9H8N2OS. The molecule has 13 heavy (non-hydrogen) atoms. The molecule has 66 valence electrons. The molecule has 2 rings (SSSR count). The molecule has 1 aromatic carbocycles. The maximum atomic E-state index is 9.52. The lowest BCUT2D eigenvalue weighted by atomic mass is 10.1. The van der Waals surface area contributed by atoms with Crippen LogP contribution in [-0.2, 0) is 0 Å². The van der Waals surface area contributed by atoms with Gasteiger partial charge in [-0.1, -0.05) is 12.1 Å². The molecule has 0 bridgehead atoms. The smallest absolute Gasteiger partial charge is 0.125 e. The average molecular weight is 192 g/mol. The van der Waals surface area contributed by atoms with Crippen molar-refractivity contribution in [2.24, 2.45) is 0 Å². The summed E-state index contributed by atoms with van der Waals surface area (Å²) in [6.07, 6.45) is 0. The van der Waals surface area contributed by atoms with Gasteiger partial charge in [0.1, 0.15) is 16.4 Å². The Hall–Kier alpha value is -1.55. The zero-order valence-corrected chi connectivity index (χ0v) is 7.58. The topological polar surface area (TPSA) is 59.1 Å². The van der Waals surface area contributed by atoms with Gasteiger partial charge >= 0.3 is 0 Å². The minimum Gasteiger partial charge on any atom is -0.507 e. The Kier molecular flexibility index (Phi) is 1.90. The summed E-state index contributed by atoms with van der Waals surface area (Å²) in [6.45, 7) is 0. The second-order valence-electron chi connectivity index (χ2n) is 2.58. The van der Waals surface area contributed by atoms with E-state index in [1.807, 2.05) is 6.07 Å². The molecule has 1 aromatic heterocycles. The Balaban J connectivity index is 2.59. The molecule has 2 aromatic rings. The molecule has 4 heteroatoms. The van der Waals surface area contributed by atoms with Crippen LogP contribution >= 0.6 is 11.3 Å². The summed E-state index contributed by atoms with van der Waals surface area (Å²) >= 11 is 1.36. The average Bonchev–Trinajstić information content (AvgIpc) is 2.52. The van der Waals surface area contributed by atoms with E-state index in [1.54, 1.807) is 23.7 Å². The van der Waals surface area contributed by atoms with Crippen LogP contribution in [0, 0.1) is 0 Å². The SMILES string of the molecule is Nc1scnc1-c1ccccc1O. The second-order valence-corrected chi connectivity index (χ2v) is 3.47. The van der Waals surface area contributed by atoms with Gasteiger partial charge in [-0.15, -0.1) is 11.3 Å². The van der Waals surface area contributed by atoms with Crippen molar-refractivity contribution in [2.75, 3.05) is 5.73 Å². The molecule has 0 fully saturated rings. The lowest BCUT2D eigenvalue weighted by Gasteiger charge is -2.00. The van der Waals surface area contributed by atoms with E-state index < -0.39 is 0 Å². The first-order valence-electron chi connectivity index (χ1n) is 3.76. The lowest BCUT2D eigenvalue weighted by Crippen LogP contribution is -1.85. The fourth-order valence-corrected chi connectivity index (χ4v) is 1.68. The number of nitrogen functional groups attached to an aromatic ring is 1. The number of aromatic hydroxyl groups is 1. The molecule has 0 saturated carbocycles. The van der Waals surface area contributed by atoms with Crippen molar-refractivity contribution in [1.82, 2.24) is 4.98 Å². The van der Waals surface area contributed by atoms with Crippen molar-refractivity contribution in [3.63, 3.8) is 0 Å². The molecule has 0 atom stereocenters. The van der Waals surface area contributed by atoms with Gasteiger partial charge in [0.15, 0.2) is 0 Å². The summed E-state index contributed by atoms with van der Waals surface area (Å²) in [7, 11) is 0. The largest absolute Gasteiger partial charge is 0.507 e. The van der Waals surface area contributed by atoms with Gasteiger partial charge in [0.25, 0.3) is 0 Å². The normalized spacial score (nSPS) is 10.2. The molecular weight excluding hydrogens is 184 g/mol. The molecule has 0 aliphatic rings. The van der Waals surface area contributed by atoms with Gasteiger partial charge in [-0.2, -0.15) is 0 Å². The molecule has 0 unspecified atom stereocenters. The Morgan fingerprint density at radius 2 is 2.08 bits per heavy atom. The van der Waals surface area contributed by atoms with E-state index in [0.717, 1.165) is 0 Å². The Bertz CT molecular complexity index is 425. The number of aromatic nitrogens is 1. The third-order valence-electron chi connectivity index (χ3n) is 1.75. The van der Waals surface area contributed by atoms with Crippen LogP contribution in [0.5, 0.6) is 5.75 Å². The molecule has 0 amide bonds. The number of nitrogens with two attached hydrogens (primary N) is 1. The summed E-state index contributed by atoms with van der Waals surface area (Å²) in [6, 6.07) is 7.02. The quantitative estimate of drug-likeness (QED) is 0.727. The van der Waals surface area contributed by atoms with Gasteiger partial charge < -0.3 is 10.8 Å². The van der Waals surface area contributed by atoms with Crippen LogP contribution in [0.4, 0.5) is 5.00 Å². The third-order valence-corrected chi connectivity index (χ3v) is 2.41. The highest BCUT2D eigenvalue weighted by molar-refractivity contribution is 7.14. The molecule has 1 heterocycles. The molecule has 0 aliphatic heterocycles. The third kappa shape index (κ3) is 1.36. The van der Waals surface area contributed by atoms with Crippen LogP contribution in [0.15, 0.2) is 29.8 Å². The van der Waals surface area contributed by atoms with E-state index in [4.69, 9.17) is 5.73 Å². The first-order valence-corrected chi connectivity index (χ1v) is 4.64. The molecule has 3 nitrogen and oxygen atoms in total. The van der Waals surface area contributed by atoms with Crippen LogP contribution in [-0.4, -0.2) is 10.1 Å². The molecule has 0 spiro atoms. The van der Waals surface area contributed by atoms with E-state index >= 15 is 0 Å². The van der Waals surface area contributed by atoms with E-state index in [1.165, 1.54) is 11.3 Å². The maximum Gasteiger partial charge on any atom is 0.125 e. The van der Waals surface area contributed by atoms with Crippen molar-refractivity contribution < 1.29 is 5.11 Å². The zero-order valence-electron chi connectivity index (χ0n) is 6.77. The van der Waals surface area contributed by atoms with Crippen molar-refractivity contribution in [1.29, 1.82) is 0 Å². The number of thiazole rings is 1. The number of para-hydroxylation sites is 1. The minimum absolute atomic E-state index is 0.208. The number of hydrogen-bond acceptors (Lipinski definition) is 4. The highest BCUT2D eigenvalue weighted by atomic mass is 32.1. The number of phenols is 1. The van der Waals surface area contributed by atoms with E-state index in [9.17, 15) is 5.11 Å². The Labute approximate surface area is 79.5 Å². The number of benzene rings is 1. The van der Waals surface area contributed by atoms with Crippen LogP contribution in [0.2, 0.25) is 0 Å². The minimum atomic E-state index is 0.208. The van der Waals surface area contributed by atoms with Crippen molar-refractivity contribution in [3.05, 3.63) is 29.8 Å². The lowest BCUT2D eigenvalue weighted by molar-refractivity contribution is 0.477. The summed E-state index contributed by atoms with van der Waals surface area (Å²) in [4.78, 5) is 4.08. The fraction of sp³-hybridized carbons (Fsp3) is 0. The summed E-state index contributed by atoms with van der Waals surface area (Å²) in [5.41, 5.74) is 8.69. The zero-order chi connectivity index (χ0) is 9.26. The van der Waals surface area contributed by atoms with E-state index in [-0.39, 0.29) is 5.75 Å². The second kappa shape index (κ2) is 3.06. The molecule has 0 aliphatic carbocycles. The van der Waals surface area contributed by atoms with Gasteiger partial charge in [-0.05, 0) is 12.1 Å². The Morgan fingerprint density at radius 3 is 2.69 bits per heavy atom. The Morgan fingerprint density at radius 1 is 1.31 bits per heavy atom. The van der Waals surface area contributed by atoms with Gasteiger partial charge in [0.2, 0.25) is 0 Å². The first kappa shape index (κ1) is 8.07. The maximum absolute atomic E-state index is 9.52. The fourth-order valence-electron chi connectivity index (χ4n) is 1.13. The van der Waals surface area contributed by atoms with Gasteiger partial charge in [0.05, 0.1) is 5.51 Å². The summed E-state index contributed by atoms with van der Waals surface area (Å²) < 4.78 is 0. The van der Waals surface area contributed by atoms with Crippen molar-refractivity contribution >= 4 is 16.3 Å². The first-order chi connectivity index (χ1) is 6.29. The van der Waals surface area contributed by atoms with Crippen molar-refractivity contribution in [2.45, 2.75) is 0 Å². The predicted molar refractivity (Wildman–Crippen MR) is 53.6 cm³/mol. The van der Waals surface area contributed by atoms with Crippen LogP contribution in [0.3, 0.4) is 0 Å². The van der Waals surface area contributed by atoms with Gasteiger partial charge in [0, 0.05) is 5.56 Å². The highest BCUT2D eigenvalue weighted by Crippen LogP contribution is 2.33. The van der Waals surface area contributed by atoms with Gasteiger partial charge in [-0.25, -0.2) is 4.98 Å². The number of nitrogens with zero attached hydrogens (tertiary/aromatic N) is 1.